The molecular formula is C14H26N4O. The lowest BCUT2D eigenvalue weighted by Crippen LogP contribution is -2.35. The maximum absolute atomic E-state index is 10.3. The minimum Gasteiger partial charge on any atom is -0.388 e. The average Bonchev–Trinajstić information content (AvgIpc) is 2.28. The van der Waals surface area contributed by atoms with Gasteiger partial charge < -0.3 is 15.7 Å². The van der Waals surface area contributed by atoms with Crippen LogP contribution in [0.5, 0.6) is 0 Å². The van der Waals surface area contributed by atoms with Gasteiger partial charge in [-0.1, -0.05) is 13.8 Å². The zero-order chi connectivity index (χ0) is 14.6. The molecule has 0 amide bonds. The third kappa shape index (κ3) is 4.67. The van der Waals surface area contributed by atoms with Crippen molar-refractivity contribution in [1.82, 2.24) is 9.97 Å². The van der Waals surface area contributed by atoms with E-state index < -0.39 is 5.60 Å². The van der Waals surface area contributed by atoms with Gasteiger partial charge in [0.1, 0.15) is 17.5 Å². The van der Waals surface area contributed by atoms with Crippen LogP contribution in [0.15, 0.2) is 0 Å². The van der Waals surface area contributed by atoms with E-state index in [1.165, 1.54) is 0 Å². The van der Waals surface area contributed by atoms with E-state index in [1.807, 2.05) is 27.8 Å². The molecule has 3 N–H and O–H groups in total. The molecule has 0 saturated carbocycles. The number of aryl methyl sites for hydroxylation is 1. The molecule has 0 fully saturated rings. The molecule has 1 aromatic rings. The van der Waals surface area contributed by atoms with E-state index in [0.717, 1.165) is 23.6 Å². The number of hydrogen-bond donors (Lipinski definition) is 3. The van der Waals surface area contributed by atoms with Crippen LogP contribution in [0.1, 0.15) is 38.6 Å². The van der Waals surface area contributed by atoms with E-state index in [0.29, 0.717) is 18.3 Å². The van der Waals surface area contributed by atoms with Crippen molar-refractivity contribution in [2.75, 3.05) is 24.2 Å². The third-order valence-electron chi connectivity index (χ3n) is 2.98. The molecule has 1 unspecified atom stereocenters. The fourth-order valence-electron chi connectivity index (χ4n) is 2.27. The van der Waals surface area contributed by atoms with Gasteiger partial charge in [-0.2, -0.15) is 0 Å². The molecule has 1 atom stereocenters. The van der Waals surface area contributed by atoms with Crippen LogP contribution >= 0.6 is 0 Å². The van der Waals surface area contributed by atoms with E-state index in [2.05, 4.69) is 34.4 Å². The van der Waals surface area contributed by atoms with Crippen LogP contribution in [0.2, 0.25) is 0 Å². The Kier molecular flexibility index (Phi) is 5.11. The fourth-order valence-corrected chi connectivity index (χ4v) is 2.27. The van der Waals surface area contributed by atoms with E-state index in [-0.39, 0.29) is 0 Å². The van der Waals surface area contributed by atoms with Gasteiger partial charge in [0.05, 0.1) is 5.60 Å². The molecule has 108 valence electrons. The van der Waals surface area contributed by atoms with Crippen molar-refractivity contribution in [3.8, 4) is 0 Å². The van der Waals surface area contributed by atoms with Crippen LogP contribution in [0, 0.1) is 19.8 Å². The Morgan fingerprint density at radius 2 is 1.79 bits per heavy atom. The molecule has 0 spiro atoms. The van der Waals surface area contributed by atoms with Crippen molar-refractivity contribution < 1.29 is 5.11 Å². The first-order chi connectivity index (χ1) is 8.75. The monoisotopic (exact) mass is 266 g/mol. The average molecular weight is 266 g/mol. The summed E-state index contributed by atoms with van der Waals surface area (Å²) in [5.74, 6) is 2.76. The molecule has 0 bridgehead atoms. The minimum atomic E-state index is -0.737. The van der Waals surface area contributed by atoms with Gasteiger partial charge in [0.15, 0.2) is 0 Å². The highest BCUT2D eigenvalue weighted by Crippen LogP contribution is 2.21. The van der Waals surface area contributed by atoms with Crippen molar-refractivity contribution in [2.45, 2.75) is 46.6 Å². The first-order valence-corrected chi connectivity index (χ1v) is 6.74. The summed E-state index contributed by atoms with van der Waals surface area (Å²) in [6, 6.07) is 0. The van der Waals surface area contributed by atoms with Gasteiger partial charge in [-0.15, -0.1) is 0 Å². The van der Waals surface area contributed by atoms with E-state index in [4.69, 9.17) is 0 Å². The van der Waals surface area contributed by atoms with Crippen LogP contribution in [0.25, 0.3) is 0 Å². The molecular weight excluding hydrogens is 240 g/mol. The number of anilines is 2. The second kappa shape index (κ2) is 6.19. The minimum absolute atomic E-state index is 0.456. The van der Waals surface area contributed by atoms with Crippen molar-refractivity contribution in [2.24, 2.45) is 5.92 Å². The molecule has 1 rings (SSSR count). The predicted octanol–water partition coefficient (Wildman–Crippen LogP) is 2.34. The highest BCUT2D eigenvalue weighted by atomic mass is 16.3. The van der Waals surface area contributed by atoms with Gasteiger partial charge in [0.2, 0.25) is 0 Å². The molecule has 1 aromatic heterocycles. The molecule has 0 aliphatic carbocycles. The Morgan fingerprint density at radius 3 is 2.32 bits per heavy atom. The van der Waals surface area contributed by atoms with Gasteiger partial charge >= 0.3 is 0 Å². The summed E-state index contributed by atoms with van der Waals surface area (Å²) >= 11 is 0. The molecule has 5 heteroatoms. The topological polar surface area (TPSA) is 70.1 Å². The largest absolute Gasteiger partial charge is 0.388 e. The van der Waals surface area contributed by atoms with Crippen LogP contribution in [-0.2, 0) is 0 Å². The van der Waals surface area contributed by atoms with E-state index in [9.17, 15) is 5.11 Å². The van der Waals surface area contributed by atoms with Gasteiger partial charge in [-0.25, -0.2) is 9.97 Å². The zero-order valence-electron chi connectivity index (χ0n) is 12.8. The summed E-state index contributed by atoms with van der Waals surface area (Å²) in [6.07, 6.45) is 0.752. The van der Waals surface area contributed by atoms with Crippen LogP contribution in [-0.4, -0.2) is 34.3 Å². The number of nitrogens with zero attached hydrogens (tertiary/aromatic N) is 2. The van der Waals surface area contributed by atoms with Crippen molar-refractivity contribution in [3.63, 3.8) is 0 Å². The van der Waals surface area contributed by atoms with Crippen molar-refractivity contribution in [3.05, 3.63) is 11.4 Å². The lowest BCUT2D eigenvalue weighted by molar-refractivity contribution is 0.0514. The van der Waals surface area contributed by atoms with Crippen LogP contribution < -0.4 is 10.6 Å². The number of aromatic nitrogens is 2. The number of nitrogens with one attached hydrogen (secondary N) is 2. The van der Waals surface area contributed by atoms with Crippen LogP contribution in [0.4, 0.5) is 11.6 Å². The summed E-state index contributed by atoms with van der Waals surface area (Å²) in [6.45, 7) is 10.4. The van der Waals surface area contributed by atoms with E-state index in [1.54, 1.807) is 0 Å². The Balaban J connectivity index is 2.80. The van der Waals surface area contributed by atoms with Gasteiger partial charge in [0, 0.05) is 19.2 Å². The lowest BCUT2D eigenvalue weighted by Gasteiger charge is -2.26. The summed E-state index contributed by atoms with van der Waals surface area (Å²) < 4.78 is 0. The molecule has 0 aliphatic heterocycles. The maximum atomic E-state index is 10.3. The highest BCUT2D eigenvalue weighted by Gasteiger charge is 2.22. The number of rotatable bonds is 6. The Bertz CT molecular complexity index is 430. The molecule has 0 saturated heterocycles. The summed E-state index contributed by atoms with van der Waals surface area (Å²) in [5.41, 5.74) is 0.229. The van der Waals surface area contributed by atoms with Crippen molar-refractivity contribution >= 4 is 11.6 Å². The van der Waals surface area contributed by atoms with E-state index >= 15 is 0 Å². The molecule has 0 radical (unpaired) electrons. The first-order valence-electron chi connectivity index (χ1n) is 6.74. The second-order valence-corrected chi connectivity index (χ2v) is 5.79. The molecule has 0 aliphatic rings. The molecule has 5 nitrogen and oxygen atoms in total. The van der Waals surface area contributed by atoms with Gasteiger partial charge in [0.25, 0.3) is 0 Å². The number of hydrogen-bond acceptors (Lipinski definition) is 5. The summed E-state index contributed by atoms with van der Waals surface area (Å²) in [7, 11) is 1.84. The quantitative estimate of drug-likeness (QED) is 0.737. The van der Waals surface area contributed by atoms with Gasteiger partial charge in [-0.05, 0) is 33.1 Å². The first kappa shape index (κ1) is 15.7. The predicted molar refractivity (Wildman–Crippen MR) is 79.6 cm³/mol. The summed E-state index contributed by atoms with van der Waals surface area (Å²) in [5, 5.41) is 16.6. The lowest BCUT2D eigenvalue weighted by atomic mass is 9.94. The smallest absolute Gasteiger partial charge is 0.134 e. The fraction of sp³-hybridized carbons (Fsp3) is 0.714. The molecule has 1 heterocycles. The van der Waals surface area contributed by atoms with Crippen molar-refractivity contribution in [1.29, 1.82) is 0 Å². The number of aliphatic hydroxyl groups is 1. The highest BCUT2D eigenvalue weighted by molar-refractivity contribution is 5.57. The van der Waals surface area contributed by atoms with Crippen LogP contribution in [0.3, 0.4) is 0 Å². The summed E-state index contributed by atoms with van der Waals surface area (Å²) in [4.78, 5) is 8.71. The Labute approximate surface area is 115 Å². The second-order valence-electron chi connectivity index (χ2n) is 5.79. The SMILES string of the molecule is CNc1nc(C)nc(NCC(C)(O)CC(C)C)c1C. The normalized spacial score (nSPS) is 14.3. The standard InChI is InChI=1S/C14H26N4O/c1-9(2)7-14(5,19)8-16-13-10(3)12(15-6)17-11(4)18-13/h9,19H,7-8H2,1-6H3,(H2,15,16,17,18). The Morgan fingerprint density at radius 1 is 1.21 bits per heavy atom. The zero-order valence-corrected chi connectivity index (χ0v) is 12.8. The maximum Gasteiger partial charge on any atom is 0.134 e. The van der Waals surface area contributed by atoms with Gasteiger partial charge in [-0.3, -0.25) is 0 Å². The third-order valence-corrected chi connectivity index (χ3v) is 2.98. The Hall–Kier alpha value is -1.36. The molecule has 0 aromatic carbocycles. The molecule has 19 heavy (non-hydrogen) atoms.